The van der Waals surface area contributed by atoms with Gasteiger partial charge in [-0.25, -0.2) is 18.7 Å². The average molecular weight is 300 g/mol. The van der Waals surface area contributed by atoms with Gasteiger partial charge in [0.15, 0.2) is 5.16 Å². The number of nitrogens with one attached hydrogen (secondary N) is 1. The van der Waals surface area contributed by atoms with Gasteiger partial charge in [-0.3, -0.25) is 4.57 Å². The molecule has 0 saturated carbocycles. The fourth-order valence-corrected chi connectivity index (χ4v) is 2.83. The van der Waals surface area contributed by atoms with Gasteiger partial charge >= 0.3 is 5.69 Å². The van der Waals surface area contributed by atoms with E-state index in [1.165, 1.54) is 16.7 Å². The van der Waals surface area contributed by atoms with Gasteiger partial charge in [0, 0.05) is 22.2 Å². The predicted molar refractivity (Wildman–Crippen MR) is 73.2 cm³/mol. The molecule has 2 aromatic rings. The smallest absolute Gasteiger partial charge is 0.344 e. The second-order valence-corrected chi connectivity index (χ2v) is 5.48. The van der Waals surface area contributed by atoms with Gasteiger partial charge in [-0.05, 0) is 43.8 Å². The number of hydrogen-bond acceptors (Lipinski definition) is 4. The Kier molecular flexibility index (Phi) is 4.12. The maximum absolute atomic E-state index is 13.0. The summed E-state index contributed by atoms with van der Waals surface area (Å²) in [6, 6.07) is 4.16. The molecule has 0 aliphatic carbocycles. The highest BCUT2D eigenvalue weighted by atomic mass is 32.2. The zero-order chi connectivity index (χ0) is 14.9. The lowest BCUT2D eigenvalue weighted by molar-refractivity contribution is 0.148. The fraction of sp³-hybridized carbons (Fsp3) is 0.333. The molecule has 0 spiro atoms. The number of hydrogen-bond donors (Lipinski definition) is 2. The van der Waals surface area contributed by atoms with Crippen molar-refractivity contribution >= 4 is 17.4 Å². The number of aromatic nitrogens is 3. The van der Waals surface area contributed by atoms with Crippen molar-refractivity contribution in [1.29, 1.82) is 0 Å². The number of nitrogen functional groups attached to an aromatic ring is 1. The topological polar surface area (TPSA) is 76.7 Å². The minimum absolute atomic E-state index is 0.118. The molecule has 2 rings (SSSR count). The lowest BCUT2D eigenvalue weighted by atomic mass is 10.2. The number of nitrogens with two attached hydrogens (primary N) is 1. The van der Waals surface area contributed by atoms with Crippen LogP contribution < -0.4 is 11.4 Å². The van der Waals surface area contributed by atoms with Crippen molar-refractivity contribution in [1.82, 2.24) is 14.8 Å². The molecule has 0 atom stereocenters. The second kappa shape index (κ2) is 5.66. The van der Waals surface area contributed by atoms with Gasteiger partial charge in [-0.15, -0.1) is 5.10 Å². The molecule has 1 aromatic heterocycles. The van der Waals surface area contributed by atoms with E-state index in [9.17, 15) is 13.6 Å². The summed E-state index contributed by atoms with van der Waals surface area (Å²) in [6.45, 7) is 3.63. The summed E-state index contributed by atoms with van der Waals surface area (Å²) in [4.78, 5) is 11.9. The predicted octanol–water partition coefficient (Wildman–Crippen LogP) is 2.82. The van der Waals surface area contributed by atoms with Gasteiger partial charge in [-0.1, -0.05) is 0 Å². The van der Waals surface area contributed by atoms with Crippen LogP contribution in [-0.4, -0.2) is 14.8 Å². The van der Waals surface area contributed by atoms with Crippen LogP contribution in [0.1, 0.15) is 31.9 Å². The van der Waals surface area contributed by atoms with E-state index in [0.29, 0.717) is 10.1 Å². The van der Waals surface area contributed by atoms with Crippen LogP contribution in [0.2, 0.25) is 0 Å². The van der Waals surface area contributed by atoms with E-state index < -0.39 is 6.43 Å². The number of halogens is 2. The Morgan fingerprint density at radius 2 is 2.10 bits per heavy atom. The summed E-state index contributed by atoms with van der Waals surface area (Å²) in [5, 5.41) is 6.53. The minimum Gasteiger partial charge on any atom is -0.399 e. The van der Waals surface area contributed by atoms with Crippen LogP contribution in [0.3, 0.4) is 0 Å². The Balaban J connectivity index is 2.43. The first-order chi connectivity index (χ1) is 9.40. The molecule has 0 saturated heterocycles. The fourth-order valence-electron chi connectivity index (χ4n) is 1.75. The number of benzene rings is 1. The molecular weight excluding hydrogens is 286 g/mol. The molecule has 0 unspecified atom stereocenters. The van der Waals surface area contributed by atoms with Crippen LogP contribution >= 0.6 is 11.8 Å². The molecule has 3 N–H and O–H groups in total. The second-order valence-electron chi connectivity index (χ2n) is 4.48. The van der Waals surface area contributed by atoms with E-state index in [2.05, 4.69) is 10.2 Å². The van der Waals surface area contributed by atoms with Crippen molar-refractivity contribution in [3.8, 4) is 0 Å². The first kappa shape index (κ1) is 14.6. The van der Waals surface area contributed by atoms with Gasteiger partial charge in [0.1, 0.15) is 0 Å². The molecule has 0 aliphatic heterocycles. The Bertz CT molecular complexity index is 666. The molecular formula is C12H14F2N4OS. The molecule has 1 heterocycles. The lowest BCUT2D eigenvalue weighted by Crippen LogP contribution is -2.19. The normalized spacial score (nSPS) is 11.5. The number of alkyl halides is 2. The molecule has 1 aromatic carbocycles. The third kappa shape index (κ3) is 2.84. The number of anilines is 1. The number of rotatable bonds is 4. The van der Waals surface area contributed by atoms with Gasteiger partial charge in [-0.2, -0.15) is 0 Å². The SMILES string of the molecule is CC(C)n1c(Sc2ccc(N)cc2C(F)F)n[nH]c1=O. The molecule has 0 aliphatic rings. The molecule has 0 fully saturated rings. The van der Waals surface area contributed by atoms with Crippen LogP contribution in [0.5, 0.6) is 0 Å². The van der Waals surface area contributed by atoms with E-state index in [-0.39, 0.29) is 23.0 Å². The third-order valence-electron chi connectivity index (χ3n) is 2.66. The van der Waals surface area contributed by atoms with Crippen LogP contribution in [0.4, 0.5) is 14.5 Å². The molecule has 108 valence electrons. The third-order valence-corrected chi connectivity index (χ3v) is 3.72. The van der Waals surface area contributed by atoms with E-state index in [4.69, 9.17) is 5.73 Å². The summed E-state index contributed by atoms with van der Waals surface area (Å²) in [5.74, 6) is 0. The maximum Gasteiger partial charge on any atom is 0.344 e. The van der Waals surface area contributed by atoms with E-state index >= 15 is 0 Å². The van der Waals surface area contributed by atoms with Crippen molar-refractivity contribution in [2.75, 3.05) is 5.73 Å². The summed E-state index contributed by atoms with van der Waals surface area (Å²) >= 11 is 1.01. The van der Waals surface area contributed by atoms with Crippen molar-refractivity contribution in [3.63, 3.8) is 0 Å². The largest absolute Gasteiger partial charge is 0.399 e. The van der Waals surface area contributed by atoms with Gasteiger partial charge in [0.25, 0.3) is 6.43 Å². The Morgan fingerprint density at radius 1 is 1.40 bits per heavy atom. The average Bonchev–Trinajstić information content (AvgIpc) is 2.72. The Hall–Kier alpha value is -1.83. The van der Waals surface area contributed by atoms with Crippen LogP contribution in [0, 0.1) is 0 Å². The molecule has 0 radical (unpaired) electrons. The monoisotopic (exact) mass is 300 g/mol. The highest BCUT2D eigenvalue weighted by Crippen LogP contribution is 2.35. The van der Waals surface area contributed by atoms with Gasteiger partial charge < -0.3 is 5.73 Å². The standard InChI is InChI=1S/C12H14F2N4OS/c1-6(2)18-11(19)16-17-12(18)20-9-4-3-7(15)5-8(9)10(13)14/h3-6,10H,15H2,1-2H3,(H,16,19). The van der Waals surface area contributed by atoms with Crippen molar-refractivity contribution in [3.05, 3.63) is 34.2 Å². The van der Waals surface area contributed by atoms with Crippen LogP contribution in [0.15, 0.2) is 33.0 Å². The summed E-state index contributed by atoms with van der Waals surface area (Å²) in [7, 11) is 0. The van der Waals surface area contributed by atoms with E-state index in [1.54, 1.807) is 6.07 Å². The zero-order valence-corrected chi connectivity index (χ0v) is 11.7. The number of nitrogens with zero attached hydrogens (tertiary/aromatic N) is 2. The molecule has 20 heavy (non-hydrogen) atoms. The minimum atomic E-state index is -2.64. The highest BCUT2D eigenvalue weighted by Gasteiger charge is 2.18. The maximum atomic E-state index is 13.0. The first-order valence-electron chi connectivity index (χ1n) is 5.92. The number of H-pyrrole nitrogens is 1. The summed E-state index contributed by atoms with van der Waals surface area (Å²) in [6.07, 6.45) is -2.64. The van der Waals surface area contributed by atoms with Crippen LogP contribution in [-0.2, 0) is 0 Å². The van der Waals surface area contributed by atoms with Crippen molar-refractivity contribution in [2.24, 2.45) is 0 Å². The molecule has 8 heteroatoms. The first-order valence-corrected chi connectivity index (χ1v) is 6.74. The van der Waals surface area contributed by atoms with Crippen molar-refractivity contribution in [2.45, 2.75) is 36.4 Å². The summed E-state index contributed by atoms with van der Waals surface area (Å²) < 4.78 is 27.4. The molecule has 5 nitrogen and oxygen atoms in total. The molecule has 0 amide bonds. The lowest BCUT2D eigenvalue weighted by Gasteiger charge is -2.11. The molecule has 0 bridgehead atoms. The highest BCUT2D eigenvalue weighted by molar-refractivity contribution is 7.99. The van der Waals surface area contributed by atoms with Gasteiger partial charge in [0.05, 0.1) is 0 Å². The Morgan fingerprint density at radius 3 is 2.70 bits per heavy atom. The van der Waals surface area contributed by atoms with E-state index in [1.807, 2.05) is 13.8 Å². The number of aromatic amines is 1. The quantitative estimate of drug-likeness (QED) is 0.851. The van der Waals surface area contributed by atoms with Crippen LogP contribution in [0.25, 0.3) is 0 Å². The zero-order valence-electron chi connectivity index (χ0n) is 10.9. The van der Waals surface area contributed by atoms with Gasteiger partial charge in [0.2, 0.25) is 0 Å². The Labute approximate surface area is 118 Å². The van der Waals surface area contributed by atoms with Crippen molar-refractivity contribution < 1.29 is 8.78 Å². The van der Waals surface area contributed by atoms with E-state index in [0.717, 1.165) is 11.8 Å². The summed E-state index contributed by atoms with van der Waals surface area (Å²) in [5.41, 5.74) is 5.26.